The van der Waals surface area contributed by atoms with Gasteiger partial charge in [-0.3, -0.25) is 0 Å². The number of amidine groups is 1. The van der Waals surface area contributed by atoms with E-state index in [2.05, 4.69) is 56.9 Å². The SMILES string of the molecule is C=CN(C(/C=C(\C)c1ccccc1F)=N/C(=C/CCC)N[C@@H](C)c1ccccc1)c1ccccc1C.CC. The molecule has 3 aromatic rings. The summed E-state index contributed by atoms with van der Waals surface area (Å²) in [4.78, 5) is 7.04. The molecule has 1 atom stereocenters. The molecule has 0 fully saturated rings. The van der Waals surface area contributed by atoms with Crippen molar-refractivity contribution in [2.24, 2.45) is 4.99 Å². The number of nitrogens with one attached hydrogen (secondary N) is 1. The van der Waals surface area contributed by atoms with Crippen molar-refractivity contribution >= 4 is 17.1 Å². The molecule has 4 heteroatoms. The number of hydrogen-bond acceptors (Lipinski definition) is 2. The molecule has 0 radical (unpaired) electrons. The van der Waals surface area contributed by atoms with Crippen LogP contribution in [-0.4, -0.2) is 5.84 Å². The molecule has 0 aliphatic rings. The molecule has 0 heterocycles. The van der Waals surface area contributed by atoms with Crippen LogP contribution in [0.3, 0.4) is 0 Å². The minimum Gasteiger partial charge on any atom is -0.364 e. The minimum atomic E-state index is -0.260. The van der Waals surface area contributed by atoms with E-state index in [9.17, 15) is 4.39 Å². The smallest absolute Gasteiger partial charge is 0.139 e. The predicted octanol–water partition coefficient (Wildman–Crippen LogP) is 9.60. The number of halogens is 1. The van der Waals surface area contributed by atoms with Crippen LogP contribution in [-0.2, 0) is 0 Å². The topological polar surface area (TPSA) is 27.6 Å². The van der Waals surface area contributed by atoms with Gasteiger partial charge in [-0.15, -0.1) is 0 Å². The van der Waals surface area contributed by atoms with Crippen LogP contribution in [0, 0.1) is 12.7 Å². The summed E-state index contributed by atoms with van der Waals surface area (Å²) < 4.78 is 14.6. The van der Waals surface area contributed by atoms with Gasteiger partial charge in [-0.05, 0) is 68.2 Å². The average Bonchev–Trinajstić information content (AvgIpc) is 2.94. The normalized spacial score (nSPS) is 12.8. The van der Waals surface area contributed by atoms with Crippen molar-refractivity contribution in [3.63, 3.8) is 0 Å². The molecule has 0 aliphatic carbocycles. The van der Waals surface area contributed by atoms with Crippen LogP contribution >= 0.6 is 0 Å². The lowest BCUT2D eigenvalue weighted by Crippen LogP contribution is -2.26. The third-order valence-corrected chi connectivity index (χ3v) is 5.97. The van der Waals surface area contributed by atoms with Gasteiger partial charge < -0.3 is 10.2 Å². The number of anilines is 1. The van der Waals surface area contributed by atoms with Gasteiger partial charge in [-0.2, -0.15) is 0 Å². The van der Waals surface area contributed by atoms with Crippen molar-refractivity contribution in [3.05, 3.63) is 132 Å². The first-order chi connectivity index (χ1) is 18.4. The van der Waals surface area contributed by atoms with Gasteiger partial charge in [0.1, 0.15) is 17.5 Å². The molecule has 0 amide bonds. The molecule has 3 rings (SSSR count). The van der Waals surface area contributed by atoms with E-state index in [-0.39, 0.29) is 11.9 Å². The quantitative estimate of drug-likeness (QED) is 0.217. The third kappa shape index (κ3) is 8.58. The lowest BCUT2D eigenvalue weighted by molar-refractivity contribution is 0.624. The first-order valence-corrected chi connectivity index (χ1v) is 13.5. The number of para-hydroxylation sites is 1. The fourth-order valence-corrected chi connectivity index (χ4v) is 3.95. The summed E-state index contributed by atoms with van der Waals surface area (Å²) >= 11 is 0. The lowest BCUT2D eigenvalue weighted by Gasteiger charge is -2.24. The first kappa shape index (κ1) is 30.3. The molecule has 0 bridgehead atoms. The maximum atomic E-state index is 14.6. The highest BCUT2D eigenvalue weighted by atomic mass is 19.1. The Morgan fingerprint density at radius 3 is 2.26 bits per heavy atom. The number of aliphatic imine (C=N–C) groups is 1. The van der Waals surface area contributed by atoms with Crippen LogP contribution < -0.4 is 10.2 Å². The molecule has 3 nitrogen and oxygen atoms in total. The molecule has 0 saturated heterocycles. The van der Waals surface area contributed by atoms with Gasteiger partial charge in [-0.25, -0.2) is 9.38 Å². The van der Waals surface area contributed by atoms with Gasteiger partial charge in [0.2, 0.25) is 0 Å². The number of rotatable bonds is 10. The molecule has 3 aromatic carbocycles. The summed E-state index contributed by atoms with van der Waals surface area (Å²) in [5, 5.41) is 3.58. The molecule has 0 saturated carbocycles. The van der Waals surface area contributed by atoms with Crippen molar-refractivity contribution in [1.82, 2.24) is 5.32 Å². The van der Waals surface area contributed by atoms with E-state index in [0.717, 1.165) is 35.5 Å². The van der Waals surface area contributed by atoms with Crippen molar-refractivity contribution < 1.29 is 4.39 Å². The lowest BCUT2D eigenvalue weighted by atomic mass is 10.1. The zero-order valence-corrected chi connectivity index (χ0v) is 23.7. The van der Waals surface area contributed by atoms with Crippen molar-refractivity contribution in [2.75, 3.05) is 4.90 Å². The maximum absolute atomic E-state index is 14.6. The highest BCUT2D eigenvalue weighted by Crippen LogP contribution is 2.24. The van der Waals surface area contributed by atoms with E-state index < -0.39 is 0 Å². The Bertz CT molecular complexity index is 1240. The molecule has 1 N–H and O–H groups in total. The van der Waals surface area contributed by atoms with Crippen molar-refractivity contribution in [2.45, 2.75) is 60.4 Å². The van der Waals surface area contributed by atoms with Gasteiger partial charge in [0.05, 0.1) is 0 Å². The second-order valence-corrected chi connectivity index (χ2v) is 8.77. The van der Waals surface area contributed by atoms with Crippen LogP contribution in [0.1, 0.15) is 70.2 Å². The standard InChI is InChI=1S/C32H36FN3.C2H6/c1-6-8-22-31(34-26(5)27-17-10-9-11-18-27)35-32(23-25(4)28-19-13-14-20-29(28)33)36(7-2)30-21-15-12-16-24(30)3;1-2/h7,9-23,26,34H,2,6,8H2,1,3-5H3;1-2H3/b25-23+,31-22+,35-32+;/t26-;/m0./s1. The number of aryl methyl sites for hydroxylation is 1. The van der Waals surface area contributed by atoms with E-state index in [4.69, 9.17) is 4.99 Å². The summed E-state index contributed by atoms with van der Waals surface area (Å²) in [6, 6.07) is 25.3. The largest absolute Gasteiger partial charge is 0.364 e. The van der Waals surface area contributed by atoms with Gasteiger partial charge >= 0.3 is 0 Å². The van der Waals surface area contributed by atoms with Crippen LogP contribution in [0.15, 0.2) is 115 Å². The molecule has 0 aromatic heterocycles. The number of allylic oxidation sites excluding steroid dienone is 2. The average molecular weight is 512 g/mol. The van der Waals surface area contributed by atoms with E-state index in [1.165, 1.54) is 11.6 Å². The predicted molar refractivity (Wildman–Crippen MR) is 164 cm³/mol. The summed E-state index contributed by atoms with van der Waals surface area (Å²) in [7, 11) is 0. The van der Waals surface area contributed by atoms with Crippen LogP contribution in [0.25, 0.3) is 5.57 Å². The third-order valence-electron chi connectivity index (χ3n) is 5.97. The fourth-order valence-electron chi connectivity index (χ4n) is 3.95. The highest BCUT2D eigenvalue weighted by Gasteiger charge is 2.15. The number of hydrogen-bond donors (Lipinski definition) is 1. The second kappa shape index (κ2) is 16.0. The zero-order chi connectivity index (χ0) is 27.9. The number of nitrogens with zero attached hydrogens (tertiary/aromatic N) is 2. The van der Waals surface area contributed by atoms with E-state index in [0.29, 0.717) is 11.4 Å². The Labute approximate surface area is 229 Å². The molecule has 200 valence electrons. The van der Waals surface area contributed by atoms with E-state index in [1.54, 1.807) is 18.3 Å². The number of benzene rings is 3. The van der Waals surface area contributed by atoms with Crippen molar-refractivity contribution in [1.29, 1.82) is 0 Å². The Morgan fingerprint density at radius 1 is 1.00 bits per heavy atom. The summed E-state index contributed by atoms with van der Waals surface area (Å²) in [5.41, 5.74) is 4.55. The summed E-state index contributed by atoms with van der Waals surface area (Å²) in [6.07, 6.45) is 7.67. The zero-order valence-electron chi connectivity index (χ0n) is 23.7. The Balaban J connectivity index is 0.00000247. The van der Waals surface area contributed by atoms with Gasteiger partial charge in [-0.1, -0.05) is 101 Å². The molecule has 38 heavy (non-hydrogen) atoms. The van der Waals surface area contributed by atoms with Gasteiger partial charge in [0.15, 0.2) is 0 Å². The minimum absolute atomic E-state index is 0.0617. The Morgan fingerprint density at radius 2 is 1.63 bits per heavy atom. The molecule has 0 spiro atoms. The monoisotopic (exact) mass is 511 g/mol. The Kier molecular flexibility index (Phi) is 12.8. The second-order valence-electron chi connectivity index (χ2n) is 8.77. The van der Waals surface area contributed by atoms with Gasteiger partial charge in [0, 0.05) is 23.5 Å². The molecular weight excluding hydrogens is 469 g/mol. The Hall–Kier alpha value is -3.92. The highest BCUT2D eigenvalue weighted by molar-refractivity contribution is 6.11. The first-order valence-electron chi connectivity index (χ1n) is 13.5. The fraction of sp³-hybridized carbons (Fsp3) is 0.265. The molecular formula is C34H42FN3. The summed E-state index contributed by atoms with van der Waals surface area (Å²) in [6.45, 7) is 16.3. The van der Waals surface area contributed by atoms with E-state index >= 15 is 0 Å². The van der Waals surface area contributed by atoms with Gasteiger partial charge in [0.25, 0.3) is 0 Å². The van der Waals surface area contributed by atoms with Crippen LogP contribution in [0.5, 0.6) is 0 Å². The van der Waals surface area contributed by atoms with Crippen LogP contribution in [0.2, 0.25) is 0 Å². The number of unbranched alkanes of at least 4 members (excludes halogenated alkanes) is 1. The molecule has 0 aliphatic heterocycles. The molecule has 0 unspecified atom stereocenters. The maximum Gasteiger partial charge on any atom is 0.139 e. The summed E-state index contributed by atoms with van der Waals surface area (Å²) in [5.74, 6) is 1.15. The van der Waals surface area contributed by atoms with Crippen molar-refractivity contribution in [3.8, 4) is 0 Å². The van der Waals surface area contributed by atoms with E-state index in [1.807, 2.05) is 74.2 Å². The van der Waals surface area contributed by atoms with Crippen LogP contribution in [0.4, 0.5) is 10.1 Å².